The van der Waals surface area contributed by atoms with Crippen LogP contribution in [0.2, 0.25) is 5.02 Å². The zero-order valence-electron chi connectivity index (χ0n) is 14.3. The second kappa shape index (κ2) is 10.1. The molecule has 6 nitrogen and oxygen atoms in total. The predicted molar refractivity (Wildman–Crippen MR) is 112 cm³/mol. The number of hydrogen-bond acceptors (Lipinski definition) is 5. The molecule has 0 aromatic heterocycles. The number of hydrogen-bond donors (Lipinski definition) is 1. The van der Waals surface area contributed by atoms with E-state index >= 15 is 4.39 Å². The minimum atomic E-state index is -1.11. The Balaban J connectivity index is 0.00000300. The van der Waals surface area contributed by atoms with E-state index in [2.05, 4.69) is 27.9 Å². The first kappa shape index (κ1) is 23.2. The number of ether oxygens (including phenoxy) is 1. The van der Waals surface area contributed by atoms with Gasteiger partial charge in [0.2, 0.25) is 5.75 Å². The maximum Gasteiger partial charge on any atom is 0.262 e. The van der Waals surface area contributed by atoms with Crippen LogP contribution in [0.15, 0.2) is 54.6 Å². The van der Waals surface area contributed by atoms with E-state index in [1.54, 1.807) is 36.4 Å². The van der Waals surface area contributed by atoms with Gasteiger partial charge in [-0.2, -0.15) is 0 Å². The number of anilines is 2. The molecule has 0 amide bonds. The Morgan fingerprint density at radius 2 is 1.86 bits per heavy atom. The fourth-order valence-electron chi connectivity index (χ4n) is 2.39. The molecule has 3 rings (SSSR count). The largest absolute Gasteiger partial charge is 0.449 e. The molecule has 0 aliphatic rings. The summed E-state index contributed by atoms with van der Waals surface area (Å²) in [4.78, 5) is 21.9. The van der Waals surface area contributed by atoms with Crippen LogP contribution in [0.4, 0.5) is 21.5 Å². The van der Waals surface area contributed by atoms with Gasteiger partial charge in [0.15, 0.2) is 0 Å². The van der Waals surface area contributed by atoms with E-state index in [4.69, 9.17) is 16.3 Å². The molecule has 3 aromatic carbocycles. The maximum absolute atomic E-state index is 15.2. The second-order valence-electron chi connectivity index (χ2n) is 5.48. The number of halogens is 3. The molecule has 0 atom stereocenters. The van der Waals surface area contributed by atoms with Crippen LogP contribution in [0.25, 0.3) is 0 Å². The fourth-order valence-corrected chi connectivity index (χ4v) is 3.29. The summed E-state index contributed by atoms with van der Waals surface area (Å²) in [6.07, 6.45) is 1.52. The number of benzene rings is 3. The molecule has 3 aromatic rings. The minimum Gasteiger partial charge on any atom is -0.449 e. The summed E-state index contributed by atoms with van der Waals surface area (Å²) in [6.45, 7) is 0. The zero-order chi connectivity index (χ0) is 20.3. The summed E-state index contributed by atoms with van der Waals surface area (Å²) < 4.78 is 21.5. The van der Waals surface area contributed by atoms with Gasteiger partial charge in [0.1, 0.15) is 11.6 Å². The average molecular weight is 695 g/mol. The van der Waals surface area contributed by atoms with E-state index in [1.165, 1.54) is 18.4 Å². The first-order valence-corrected chi connectivity index (χ1v) is 9.20. The average Bonchev–Trinajstić information content (AvgIpc) is 2.67. The molecule has 0 radical (unpaired) electrons. The van der Waals surface area contributed by atoms with Gasteiger partial charge in [-0.05, 0) is 58.6 Å². The van der Waals surface area contributed by atoms with Crippen molar-refractivity contribution in [2.24, 2.45) is 0 Å². The summed E-state index contributed by atoms with van der Waals surface area (Å²) in [6, 6.07) is 13.9. The van der Waals surface area contributed by atoms with Crippen molar-refractivity contribution in [2.45, 2.75) is 0 Å². The van der Waals surface area contributed by atoms with Crippen LogP contribution in [0.3, 0.4) is 0 Å². The van der Waals surface area contributed by atoms with E-state index in [-0.39, 0.29) is 43.1 Å². The van der Waals surface area contributed by atoms with Crippen LogP contribution in [-0.4, -0.2) is 11.2 Å². The minimum absolute atomic E-state index is 0. The van der Waals surface area contributed by atoms with Crippen molar-refractivity contribution < 1.29 is 39.9 Å². The number of nitro benzene ring substituents is 1. The number of nitro groups is 1. The molecule has 0 heterocycles. The summed E-state index contributed by atoms with van der Waals surface area (Å²) >= 11 is 8.21. The van der Waals surface area contributed by atoms with Crippen molar-refractivity contribution >= 4 is 57.5 Å². The number of para-hydroxylation sites is 1. The molecule has 0 bridgehead atoms. The van der Waals surface area contributed by atoms with Gasteiger partial charge < -0.3 is 14.8 Å². The van der Waals surface area contributed by atoms with Crippen LogP contribution in [0, 0.1) is 19.5 Å². The molecular weight excluding hydrogens is 685 g/mol. The molecule has 0 fully saturated rings. The Kier molecular flexibility index (Phi) is 8.12. The third kappa shape index (κ3) is 5.32. The smallest absolute Gasteiger partial charge is 0.262 e. The quantitative estimate of drug-likeness (QED) is 0.149. The molecule has 0 saturated heterocycles. The standard InChI is InChI=1S/C19H10ClFIN2O4.W/c20-14-9-12(22)6-7-15(14)23-18-11(10-25)8-16(24(26)27)19(17(18)21)28-13-4-2-1-3-5-13;/h1-9,23H;/q-1;. The van der Waals surface area contributed by atoms with Crippen LogP contribution in [0.1, 0.15) is 5.56 Å². The number of rotatable bonds is 6. The molecule has 1 N–H and O–H groups in total. The summed E-state index contributed by atoms with van der Waals surface area (Å²) in [5.74, 6) is -1.53. The molecule has 0 unspecified atom stereocenters. The first-order chi connectivity index (χ1) is 13.4. The predicted octanol–water partition coefficient (Wildman–Crippen LogP) is 5.98. The van der Waals surface area contributed by atoms with Gasteiger partial charge in [0, 0.05) is 30.3 Å². The Labute approximate surface area is 198 Å². The molecule has 0 aliphatic carbocycles. The van der Waals surface area contributed by atoms with Crippen molar-refractivity contribution in [2.75, 3.05) is 5.32 Å². The summed E-state index contributed by atoms with van der Waals surface area (Å²) in [5.41, 5.74) is -1.06. The Morgan fingerprint density at radius 3 is 2.45 bits per heavy atom. The van der Waals surface area contributed by atoms with Crippen LogP contribution in [-0.2, 0) is 25.9 Å². The third-order valence-corrected chi connectivity index (χ3v) is 4.65. The monoisotopic (exact) mass is 695 g/mol. The van der Waals surface area contributed by atoms with Gasteiger partial charge in [-0.25, -0.2) is 4.39 Å². The van der Waals surface area contributed by atoms with Crippen molar-refractivity contribution in [3.8, 4) is 11.5 Å². The summed E-state index contributed by atoms with van der Waals surface area (Å²) in [7, 11) is 0. The molecule has 148 valence electrons. The Bertz CT molecular complexity index is 1070. The van der Waals surface area contributed by atoms with E-state index in [0.29, 0.717) is 5.69 Å². The van der Waals surface area contributed by atoms with Crippen molar-refractivity contribution in [1.29, 1.82) is 0 Å². The van der Waals surface area contributed by atoms with Crippen molar-refractivity contribution in [3.05, 3.63) is 84.7 Å². The first-order valence-electron chi connectivity index (χ1n) is 7.74. The Morgan fingerprint density at radius 1 is 1.17 bits per heavy atom. The maximum atomic E-state index is 15.2. The SMILES string of the molecule is O=[C-]c1cc([N+](=O)[O-])c(Oc2ccccc2)c(F)c1Nc1ccc(I)cc1Cl.[W]. The molecule has 0 aliphatic heterocycles. The topological polar surface area (TPSA) is 81.5 Å². The van der Waals surface area contributed by atoms with Gasteiger partial charge >= 0.3 is 0 Å². The van der Waals surface area contributed by atoms with Crippen LogP contribution in [0.5, 0.6) is 11.5 Å². The molecular formula is C19H10ClFIN2O4W-. The van der Waals surface area contributed by atoms with Crippen LogP contribution < -0.4 is 10.1 Å². The second-order valence-corrected chi connectivity index (χ2v) is 7.14. The summed E-state index contributed by atoms with van der Waals surface area (Å²) in [5, 5.41) is 14.4. The molecule has 10 heteroatoms. The van der Waals surface area contributed by atoms with Crippen molar-refractivity contribution in [3.63, 3.8) is 0 Å². The fraction of sp³-hybridized carbons (Fsp3) is 0. The molecule has 0 saturated carbocycles. The third-order valence-electron chi connectivity index (χ3n) is 3.66. The van der Waals surface area contributed by atoms with Gasteiger partial charge in [0.25, 0.3) is 5.69 Å². The molecule has 0 spiro atoms. The number of nitrogens with one attached hydrogen (secondary N) is 1. The molecule has 29 heavy (non-hydrogen) atoms. The van der Waals surface area contributed by atoms with E-state index in [0.717, 1.165) is 9.64 Å². The van der Waals surface area contributed by atoms with E-state index in [9.17, 15) is 14.9 Å². The zero-order valence-corrected chi connectivity index (χ0v) is 20.2. The van der Waals surface area contributed by atoms with E-state index in [1.807, 2.05) is 0 Å². The van der Waals surface area contributed by atoms with Gasteiger partial charge in [0.05, 0.1) is 16.2 Å². The van der Waals surface area contributed by atoms with Gasteiger partial charge in [-0.3, -0.25) is 10.1 Å². The Hall–Kier alpha value is -2.03. The van der Waals surface area contributed by atoms with Crippen molar-refractivity contribution in [1.82, 2.24) is 0 Å². The number of carbonyl (C=O) groups excluding carboxylic acids is 1. The number of nitrogens with zero attached hydrogens (tertiary/aromatic N) is 1. The van der Waals surface area contributed by atoms with Gasteiger partial charge in [-0.1, -0.05) is 35.9 Å². The van der Waals surface area contributed by atoms with E-state index < -0.39 is 22.2 Å². The normalized spacial score (nSPS) is 10.0. The van der Waals surface area contributed by atoms with Gasteiger partial charge in [-0.15, -0.1) is 5.56 Å². The van der Waals surface area contributed by atoms with Crippen LogP contribution >= 0.6 is 34.2 Å².